The number of fused-ring (bicyclic) bond motifs is 1. The summed E-state index contributed by atoms with van der Waals surface area (Å²) in [6.07, 6.45) is 3.56. The lowest BCUT2D eigenvalue weighted by Gasteiger charge is -2.06. The number of benzene rings is 2. The topological polar surface area (TPSA) is 36.0 Å². The van der Waals surface area contributed by atoms with E-state index in [-0.39, 0.29) is 0 Å². The molecule has 3 rings (SSSR count). The molecule has 0 aliphatic carbocycles. The smallest absolute Gasteiger partial charge is 0.125 e. The first-order chi connectivity index (χ1) is 9.24. The molecule has 0 saturated heterocycles. The second kappa shape index (κ2) is 4.98. The number of aromatic amines is 1. The van der Waals surface area contributed by atoms with Gasteiger partial charge in [0, 0.05) is 22.1 Å². The van der Waals surface area contributed by atoms with Gasteiger partial charge in [0.25, 0.3) is 0 Å². The second-order valence-corrected chi connectivity index (χ2v) is 5.05. The van der Waals surface area contributed by atoms with E-state index >= 15 is 0 Å². The van der Waals surface area contributed by atoms with Crippen LogP contribution < -0.4 is 0 Å². The molecule has 3 heteroatoms. The molecule has 0 radical (unpaired) electrons. The fourth-order valence-corrected chi connectivity index (χ4v) is 2.56. The minimum atomic E-state index is 0.327. The minimum Gasteiger partial charge on any atom is -0.507 e. The highest BCUT2D eigenvalue weighted by Crippen LogP contribution is 2.26. The maximum atomic E-state index is 9.95. The predicted octanol–water partition coefficient (Wildman–Crippen LogP) is 4.31. The van der Waals surface area contributed by atoms with Gasteiger partial charge in [-0.15, -0.1) is 0 Å². The van der Waals surface area contributed by atoms with Gasteiger partial charge in [-0.2, -0.15) is 0 Å². The number of aryl methyl sites for hydroxylation is 2. The van der Waals surface area contributed by atoms with Gasteiger partial charge in [-0.3, -0.25) is 0 Å². The van der Waals surface area contributed by atoms with Crippen LogP contribution in [0.15, 0.2) is 48.7 Å². The van der Waals surface area contributed by atoms with Crippen molar-refractivity contribution in [1.82, 2.24) is 4.98 Å². The van der Waals surface area contributed by atoms with Gasteiger partial charge in [-0.25, -0.2) is 0 Å². The highest BCUT2D eigenvalue weighted by Gasteiger charge is 2.05. The van der Waals surface area contributed by atoms with Crippen LogP contribution in [0.2, 0.25) is 5.02 Å². The van der Waals surface area contributed by atoms with Crippen LogP contribution in [-0.4, -0.2) is 10.1 Å². The van der Waals surface area contributed by atoms with Crippen LogP contribution in [0.4, 0.5) is 0 Å². The lowest BCUT2D eigenvalue weighted by Crippen LogP contribution is -1.92. The Morgan fingerprint density at radius 3 is 2.74 bits per heavy atom. The summed E-state index contributed by atoms with van der Waals surface area (Å²) in [5.41, 5.74) is 3.21. The van der Waals surface area contributed by atoms with Crippen LogP contribution in [0.25, 0.3) is 10.9 Å². The van der Waals surface area contributed by atoms with Crippen molar-refractivity contribution in [1.29, 1.82) is 0 Å². The van der Waals surface area contributed by atoms with Gasteiger partial charge in [0.05, 0.1) is 0 Å². The van der Waals surface area contributed by atoms with E-state index in [9.17, 15) is 5.11 Å². The van der Waals surface area contributed by atoms with E-state index in [0.717, 1.165) is 39.9 Å². The van der Waals surface area contributed by atoms with E-state index in [4.69, 9.17) is 11.6 Å². The molecule has 0 atom stereocenters. The lowest BCUT2D eigenvalue weighted by molar-refractivity contribution is 0.481. The Hall–Kier alpha value is -1.93. The molecule has 3 aromatic rings. The van der Waals surface area contributed by atoms with E-state index in [0.29, 0.717) is 5.75 Å². The molecule has 2 aromatic carbocycles. The van der Waals surface area contributed by atoms with Gasteiger partial charge >= 0.3 is 0 Å². The Bertz CT molecular complexity index is 718. The van der Waals surface area contributed by atoms with Gasteiger partial charge in [-0.05, 0) is 48.2 Å². The normalized spacial score (nSPS) is 11.0. The third-order valence-electron chi connectivity index (χ3n) is 3.35. The number of hydrogen-bond donors (Lipinski definition) is 2. The number of aromatic hydroxyl groups is 1. The summed E-state index contributed by atoms with van der Waals surface area (Å²) in [6.45, 7) is 0. The van der Waals surface area contributed by atoms with Crippen LogP contribution in [0, 0.1) is 0 Å². The maximum Gasteiger partial charge on any atom is 0.125 e. The molecule has 0 amide bonds. The Labute approximate surface area is 116 Å². The summed E-state index contributed by atoms with van der Waals surface area (Å²) in [5, 5.41) is 11.6. The number of rotatable bonds is 3. The van der Waals surface area contributed by atoms with Crippen molar-refractivity contribution in [2.24, 2.45) is 0 Å². The van der Waals surface area contributed by atoms with Gasteiger partial charge in [-0.1, -0.05) is 29.8 Å². The highest BCUT2D eigenvalue weighted by molar-refractivity contribution is 6.31. The average molecular weight is 272 g/mol. The van der Waals surface area contributed by atoms with Crippen molar-refractivity contribution < 1.29 is 5.11 Å². The summed E-state index contributed by atoms with van der Waals surface area (Å²) < 4.78 is 0. The van der Waals surface area contributed by atoms with Crippen LogP contribution in [0.3, 0.4) is 0 Å². The number of halogens is 1. The maximum absolute atomic E-state index is 9.95. The molecule has 0 aliphatic rings. The van der Waals surface area contributed by atoms with Crippen LogP contribution in [0.1, 0.15) is 11.1 Å². The first kappa shape index (κ1) is 12.1. The molecular weight excluding hydrogens is 258 g/mol. The van der Waals surface area contributed by atoms with Gasteiger partial charge in [0.2, 0.25) is 0 Å². The quantitative estimate of drug-likeness (QED) is 0.731. The fraction of sp³-hybridized carbons (Fsp3) is 0.125. The Kier molecular flexibility index (Phi) is 3.18. The van der Waals surface area contributed by atoms with Crippen molar-refractivity contribution in [2.75, 3.05) is 0 Å². The molecule has 0 aliphatic heterocycles. The largest absolute Gasteiger partial charge is 0.507 e. The van der Waals surface area contributed by atoms with Crippen molar-refractivity contribution in [3.05, 3.63) is 64.8 Å². The summed E-state index contributed by atoms with van der Waals surface area (Å²) in [7, 11) is 0. The number of nitrogens with one attached hydrogen (secondary N) is 1. The molecular formula is C16H14ClNO. The average Bonchev–Trinajstić information content (AvgIpc) is 2.87. The third-order valence-corrected chi connectivity index (χ3v) is 3.72. The molecule has 1 aromatic heterocycles. The second-order valence-electron chi connectivity index (χ2n) is 4.65. The highest BCUT2D eigenvalue weighted by atomic mass is 35.5. The molecule has 1 heterocycles. The van der Waals surface area contributed by atoms with Crippen LogP contribution in [0.5, 0.6) is 5.75 Å². The molecule has 0 fully saturated rings. The zero-order chi connectivity index (χ0) is 13.2. The summed E-state index contributed by atoms with van der Waals surface area (Å²) in [5.74, 6) is 0.327. The summed E-state index contributed by atoms with van der Waals surface area (Å²) >= 11 is 6.14. The third kappa shape index (κ3) is 2.45. The lowest BCUT2D eigenvalue weighted by atomic mass is 10.0. The van der Waals surface area contributed by atoms with E-state index in [1.165, 1.54) is 0 Å². The van der Waals surface area contributed by atoms with Gasteiger partial charge in [0.1, 0.15) is 5.75 Å². The molecule has 0 bridgehead atoms. The number of phenols is 1. The van der Waals surface area contributed by atoms with Crippen molar-refractivity contribution in [3.8, 4) is 5.75 Å². The minimum absolute atomic E-state index is 0.327. The van der Waals surface area contributed by atoms with E-state index < -0.39 is 0 Å². The Morgan fingerprint density at radius 2 is 1.89 bits per heavy atom. The zero-order valence-electron chi connectivity index (χ0n) is 10.4. The Balaban J connectivity index is 1.84. The van der Waals surface area contributed by atoms with Crippen molar-refractivity contribution in [3.63, 3.8) is 0 Å². The van der Waals surface area contributed by atoms with Crippen molar-refractivity contribution >= 4 is 22.5 Å². The van der Waals surface area contributed by atoms with Crippen LogP contribution >= 0.6 is 11.6 Å². The molecule has 2 nitrogen and oxygen atoms in total. The van der Waals surface area contributed by atoms with Crippen LogP contribution in [-0.2, 0) is 12.8 Å². The first-order valence-electron chi connectivity index (χ1n) is 6.26. The van der Waals surface area contributed by atoms with E-state index in [1.807, 2.05) is 42.6 Å². The molecule has 0 unspecified atom stereocenters. The zero-order valence-corrected chi connectivity index (χ0v) is 11.1. The summed E-state index contributed by atoms with van der Waals surface area (Å²) in [4.78, 5) is 3.12. The molecule has 0 saturated carbocycles. The number of phenolic OH excluding ortho intramolecular Hbond substituents is 1. The summed E-state index contributed by atoms with van der Waals surface area (Å²) in [6, 6.07) is 13.6. The predicted molar refractivity (Wildman–Crippen MR) is 78.8 cm³/mol. The number of H-pyrrole nitrogens is 1. The molecule has 19 heavy (non-hydrogen) atoms. The number of aromatic nitrogens is 1. The molecule has 0 spiro atoms. The van der Waals surface area contributed by atoms with Gasteiger partial charge in [0.15, 0.2) is 0 Å². The monoisotopic (exact) mass is 271 g/mol. The molecule has 2 N–H and O–H groups in total. The van der Waals surface area contributed by atoms with Crippen molar-refractivity contribution in [2.45, 2.75) is 12.8 Å². The Morgan fingerprint density at radius 1 is 1.05 bits per heavy atom. The first-order valence-corrected chi connectivity index (χ1v) is 6.64. The number of hydrogen-bond acceptors (Lipinski definition) is 1. The standard InChI is InChI=1S/C16H14ClNO/c17-14-4-2-1-3-12(14)6-5-11-9-15-13(7-8-18-15)16(19)10-11/h1-4,7-10,18-19H,5-6H2. The SMILES string of the molecule is Oc1cc(CCc2ccccc2Cl)cc2[nH]ccc12. The van der Waals surface area contributed by atoms with E-state index in [1.54, 1.807) is 0 Å². The fourth-order valence-electron chi connectivity index (χ4n) is 2.33. The molecule has 96 valence electrons. The van der Waals surface area contributed by atoms with E-state index in [2.05, 4.69) is 11.1 Å². The van der Waals surface area contributed by atoms with Gasteiger partial charge < -0.3 is 10.1 Å².